The van der Waals surface area contributed by atoms with Crippen LogP contribution in [0.4, 0.5) is 0 Å². The first kappa shape index (κ1) is 13.0. The fourth-order valence-electron chi connectivity index (χ4n) is 2.13. The van der Waals surface area contributed by atoms with Crippen LogP contribution < -0.4 is 4.74 Å². The Bertz CT molecular complexity index is 751. The molecule has 3 nitrogen and oxygen atoms in total. The van der Waals surface area contributed by atoms with Gasteiger partial charge in [0.15, 0.2) is 6.10 Å². The number of aryl methyl sites for hydroxylation is 1. The predicted molar refractivity (Wildman–Crippen MR) is 81.3 cm³/mol. The van der Waals surface area contributed by atoms with Crippen LogP contribution in [0.2, 0.25) is 5.02 Å². The summed E-state index contributed by atoms with van der Waals surface area (Å²) >= 11 is 5.98. The van der Waals surface area contributed by atoms with Gasteiger partial charge >= 0.3 is 0 Å². The minimum atomic E-state index is -0.151. The highest BCUT2D eigenvalue weighted by Crippen LogP contribution is 2.25. The lowest BCUT2D eigenvalue weighted by Crippen LogP contribution is -2.05. The van der Waals surface area contributed by atoms with E-state index in [1.807, 2.05) is 56.3 Å². The lowest BCUT2D eigenvalue weighted by atomic mass is 10.2. The van der Waals surface area contributed by atoms with Crippen molar-refractivity contribution in [3.63, 3.8) is 0 Å². The Balaban J connectivity index is 1.89. The third kappa shape index (κ3) is 2.49. The number of para-hydroxylation sites is 1. The lowest BCUT2D eigenvalue weighted by molar-refractivity contribution is 0.216. The Morgan fingerprint density at radius 3 is 2.80 bits per heavy atom. The first-order chi connectivity index (χ1) is 9.63. The molecule has 1 aromatic heterocycles. The molecular formula is C16H15ClN2O. The Kier molecular flexibility index (Phi) is 3.36. The smallest absolute Gasteiger partial charge is 0.153 e. The molecular weight excluding hydrogens is 272 g/mol. The first-order valence-corrected chi connectivity index (χ1v) is 6.89. The summed E-state index contributed by atoms with van der Waals surface area (Å²) in [5, 5.41) is 0.695. The Morgan fingerprint density at radius 2 is 2.00 bits per heavy atom. The number of nitrogens with zero attached hydrogens (tertiary/aromatic N) is 1. The van der Waals surface area contributed by atoms with Gasteiger partial charge in [-0.25, -0.2) is 4.98 Å². The van der Waals surface area contributed by atoms with E-state index in [1.165, 1.54) is 0 Å². The van der Waals surface area contributed by atoms with E-state index < -0.39 is 0 Å². The molecule has 0 radical (unpaired) electrons. The number of ether oxygens (including phenoxy) is 1. The van der Waals surface area contributed by atoms with Crippen molar-refractivity contribution in [1.29, 1.82) is 0 Å². The molecule has 3 rings (SSSR count). The van der Waals surface area contributed by atoms with Crippen LogP contribution in [0, 0.1) is 6.92 Å². The first-order valence-electron chi connectivity index (χ1n) is 6.51. The zero-order chi connectivity index (χ0) is 14.1. The van der Waals surface area contributed by atoms with Crippen molar-refractivity contribution in [3.05, 3.63) is 58.9 Å². The molecule has 0 spiro atoms. The van der Waals surface area contributed by atoms with E-state index in [1.54, 1.807) is 0 Å². The SMILES string of the molecule is Cc1ccccc1OC(C)c1nc2ccc(Cl)cc2[nH]1. The summed E-state index contributed by atoms with van der Waals surface area (Å²) in [7, 11) is 0. The van der Waals surface area contributed by atoms with Gasteiger partial charge in [0.05, 0.1) is 11.0 Å². The largest absolute Gasteiger partial charge is 0.483 e. The molecule has 0 aliphatic heterocycles. The normalized spacial score (nSPS) is 12.6. The minimum absolute atomic E-state index is 0.151. The molecule has 0 saturated carbocycles. The van der Waals surface area contributed by atoms with Crippen LogP contribution in [0.5, 0.6) is 5.75 Å². The van der Waals surface area contributed by atoms with E-state index in [0.29, 0.717) is 5.02 Å². The van der Waals surface area contributed by atoms with E-state index in [4.69, 9.17) is 16.3 Å². The molecule has 1 atom stereocenters. The fraction of sp³-hybridized carbons (Fsp3) is 0.188. The molecule has 102 valence electrons. The van der Waals surface area contributed by atoms with Gasteiger partial charge in [-0.1, -0.05) is 29.8 Å². The van der Waals surface area contributed by atoms with Crippen LogP contribution >= 0.6 is 11.6 Å². The van der Waals surface area contributed by atoms with E-state index in [0.717, 1.165) is 28.2 Å². The molecule has 1 unspecified atom stereocenters. The van der Waals surface area contributed by atoms with Gasteiger partial charge in [-0.05, 0) is 43.7 Å². The number of nitrogens with one attached hydrogen (secondary N) is 1. The van der Waals surface area contributed by atoms with Crippen molar-refractivity contribution in [2.45, 2.75) is 20.0 Å². The summed E-state index contributed by atoms with van der Waals surface area (Å²) in [4.78, 5) is 7.80. The number of benzene rings is 2. The van der Waals surface area contributed by atoms with Gasteiger partial charge in [0.2, 0.25) is 0 Å². The maximum absolute atomic E-state index is 5.98. The van der Waals surface area contributed by atoms with Gasteiger partial charge in [0, 0.05) is 5.02 Å². The van der Waals surface area contributed by atoms with Crippen molar-refractivity contribution >= 4 is 22.6 Å². The molecule has 0 aliphatic rings. The number of H-pyrrole nitrogens is 1. The third-order valence-electron chi connectivity index (χ3n) is 3.24. The second kappa shape index (κ2) is 5.17. The summed E-state index contributed by atoms with van der Waals surface area (Å²) in [6.07, 6.45) is -0.151. The molecule has 0 bridgehead atoms. The number of imidazole rings is 1. The van der Waals surface area contributed by atoms with E-state index in [-0.39, 0.29) is 6.10 Å². The summed E-state index contributed by atoms with van der Waals surface area (Å²) in [5.41, 5.74) is 2.93. The molecule has 20 heavy (non-hydrogen) atoms. The molecule has 2 aromatic carbocycles. The standard InChI is InChI=1S/C16H15ClN2O/c1-10-5-3-4-6-15(10)20-11(2)16-18-13-8-7-12(17)9-14(13)19-16/h3-9,11H,1-2H3,(H,18,19). The molecule has 0 fully saturated rings. The highest BCUT2D eigenvalue weighted by atomic mass is 35.5. The number of aromatic nitrogens is 2. The van der Waals surface area contributed by atoms with Gasteiger partial charge in [-0.15, -0.1) is 0 Å². The summed E-state index contributed by atoms with van der Waals surface area (Å²) in [5.74, 6) is 1.67. The van der Waals surface area contributed by atoms with Crippen LogP contribution in [0.1, 0.15) is 24.4 Å². The summed E-state index contributed by atoms with van der Waals surface area (Å²) in [6, 6.07) is 13.6. The van der Waals surface area contributed by atoms with Gasteiger partial charge in [-0.2, -0.15) is 0 Å². The molecule has 4 heteroatoms. The molecule has 1 heterocycles. The molecule has 3 aromatic rings. The van der Waals surface area contributed by atoms with Crippen LogP contribution in [-0.4, -0.2) is 9.97 Å². The van der Waals surface area contributed by atoms with Crippen LogP contribution in [0.15, 0.2) is 42.5 Å². The van der Waals surface area contributed by atoms with Crippen molar-refractivity contribution in [3.8, 4) is 5.75 Å². The Labute approximate surface area is 122 Å². The number of hydrogen-bond acceptors (Lipinski definition) is 2. The molecule has 0 saturated heterocycles. The number of hydrogen-bond donors (Lipinski definition) is 1. The zero-order valence-corrected chi connectivity index (χ0v) is 12.1. The van der Waals surface area contributed by atoms with Crippen LogP contribution in [0.25, 0.3) is 11.0 Å². The van der Waals surface area contributed by atoms with E-state index in [2.05, 4.69) is 9.97 Å². The maximum Gasteiger partial charge on any atom is 0.153 e. The average molecular weight is 287 g/mol. The molecule has 0 aliphatic carbocycles. The number of rotatable bonds is 3. The number of fused-ring (bicyclic) bond motifs is 1. The van der Waals surface area contributed by atoms with Crippen molar-refractivity contribution < 1.29 is 4.74 Å². The molecule has 1 N–H and O–H groups in total. The van der Waals surface area contributed by atoms with Gasteiger partial charge in [0.1, 0.15) is 11.6 Å². The summed E-state index contributed by atoms with van der Waals surface area (Å²) < 4.78 is 5.96. The third-order valence-corrected chi connectivity index (χ3v) is 3.48. The second-order valence-electron chi connectivity index (χ2n) is 4.81. The fourth-order valence-corrected chi connectivity index (χ4v) is 2.30. The quantitative estimate of drug-likeness (QED) is 0.760. The van der Waals surface area contributed by atoms with Crippen LogP contribution in [-0.2, 0) is 0 Å². The monoisotopic (exact) mass is 286 g/mol. The predicted octanol–water partition coefficient (Wildman–Crippen LogP) is 4.66. The average Bonchev–Trinajstić information content (AvgIpc) is 2.84. The molecule has 0 amide bonds. The highest BCUT2D eigenvalue weighted by molar-refractivity contribution is 6.31. The summed E-state index contributed by atoms with van der Waals surface area (Å²) in [6.45, 7) is 4.01. The Hall–Kier alpha value is -2.00. The number of aromatic amines is 1. The lowest BCUT2D eigenvalue weighted by Gasteiger charge is -2.14. The van der Waals surface area contributed by atoms with E-state index in [9.17, 15) is 0 Å². The van der Waals surface area contributed by atoms with Crippen molar-refractivity contribution in [2.75, 3.05) is 0 Å². The van der Waals surface area contributed by atoms with Crippen molar-refractivity contribution in [2.24, 2.45) is 0 Å². The van der Waals surface area contributed by atoms with Gasteiger partial charge in [-0.3, -0.25) is 0 Å². The highest BCUT2D eigenvalue weighted by Gasteiger charge is 2.13. The number of halogens is 1. The maximum atomic E-state index is 5.98. The topological polar surface area (TPSA) is 37.9 Å². The Morgan fingerprint density at radius 1 is 1.20 bits per heavy atom. The minimum Gasteiger partial charge on any atom is -0.483 e. The van der Waals surface area contributed by atoms with Crippen molar-refractivity contribution in [1.82, 2.24) is 9.97 Å². The van der Waals surface area contributed by atoms with Crippen LogP contribution in [0.3, 0.4) is 0 Å². The zero-order valence-electron chi connectivity index (χ0n) is 11.4. The van der Waals surface area contributed by atoms with Gasteiger partial charge < -0.3 is 9.72 Å². The van der Waals surface area contributed by atoms with E-state index >= 15 is 0 Å². The van der Waals surface area contributed by atoms with Gasteiger partial charge in [0.25, 0.3) is 0 Å². The second-order valence-corrected chi connectivity index (χ2v) is 5.25.